The van der Waals surface area contributed by atoms with E-state index in [9.17, 15) is 0 Å². The fourth-order valence-electron chi connectivity index (χ4n) is 2.77. The molecule has 0 aliphatic heterocycles. The second-order valence-corrected chi connectivity index (χ2v) is 7.02. The summed E-state index contributed by atoms with van der Waals surface area (Å²) in [5.41, 5.74) is 2.42. The molecule has 26 heavy (non-hydrogen) atoms. The molecule has 5 nitrogen and oxygen atoms in total. The number of hydrogen-bond acceptors (Lipinski definition) is 3. The Morgan fingerprint density at radius 3 is 2.73 bits per heavy atom. The summed E-state index contributed by atoms with van der Waals surface area (Å²) in [6, 6.07) is 14.5. The summed E-state index contributed by atoms with van der Waals surface area (Å²) in [5.74, 6) is 2.87. The van der Waals surface area contributed by atoms with Crippen LogP contribution in [-0.2, 0) is 12.8 Å². The Morgan fingerprint density at radius 1 is 1.12 bits per heavy atom. The van der Waals surface area contributed by atoms with Crippen molar-refractivity contribution in [3.8, 4) is 0 Å². The predicted octanol–water partition coefficient (Wildman–Crippen LogP) is 3.44. The van der Waals surface area contributed by atoms with Crippen LogP contribution >= 0.6 is 11.8 Å². The summed E-state index contributed by atoms with van der Waals surface area (Å²) in [4.78, 5) is 8.11. The molecule has 0 saturated heterocycles. The minimum Gasteiger partial charge on any atom is -0.469 e. The van der Waals surface area contributed by atoms with Gasteiger partial charge in [0.1, 0.15) is 5.76 Å². The number of aromatic nitrogens is 1. The van der Waals surface area contributed by atoms with Gasteiger partial charge in [-0.05, 0) is 35.9 Å². The maximum Gasteiger partial charge on any atom is 0.191 e. The van der Waals surface area contributed by atoms with Crippen LogP contribution in [0, 0.1) is 0 Å². The van der Waals surface area contributed by atoms with Crippen molar-refractivity contribution in [3.63, 3.8) is 0 Å². The molecule has 0 unspecified atom stereocenters. The largest absolute Gasteiger partial charge is 0.469 e. The molecule has 0 spiro atoms. The van der Waals surface area contributed by atoms with Crippen molar-refractivity contribution in [1.29, 1.82) is 0 Å². The van der Waals surface area contributed by atoms with E-state index in [-0.39, 0.29) is 0 Å². The minimum absolute atomic E-state index is 0.797. The zero-order valence-corrected chi connectivity index (χ0v) is 15.9. The van der Waals surface area contributed by atoms with Gasteiger partial charge in [0, 0.05) is 42.9 Å². The van der Waals surface area contributed by atoms with Gasteiger partial charge in [0.15, 0.2) is 5.96 Å². The molecule has 0 radical (unpaired) electrons. The number of aliphatic imine (C=N–C) groups is 1. The number of H-pyrrole nitrogens is 1. The fraction of sp³-hybridized carbons (Fsp3) is 0.350. The van der Waals surface area contributed by atoms with Crippen LogP contribution < -0.4 is 10.6 Å². The first-order valence-corrected chi connectivity index (χ1v) is 10.3. The Kier molecular flexibility index (Phi) is 7.07. The van der Waals surface area contributed by atoms with Crippen LogP contribution in [0.1, 0.15) is 11.5 Å². The van der Waals surface area contributed by atoms with Crippen LogP contribution in [0.4, 0.5) is 0 Å². The molecule has 2 aromatic heterocycles. The Bertz CT molecular complexity index is 777. The van der Waals surface area contributed by atoms with Gasteiger partial charge < -0.3 is 20.0 Å². The molecule has 138 valence electrons. The molecule has 3 rings (SSSR count). The summed E-state index contributed by atoms with van der Waals surface area (Å²) in [5, 5.41) is 8.08. The molecule has 0 bridgehead atoms. The summed E-state index contributed by atoms with van der Waals surface area (Å²) in [6.07, 6.45) is 5.58. The number of aromatic amines is 1. The average Bonchev–Trinajstić information content (AvgIpc) is 3.30. The molecule has 0 amide bonds. The highest BCUT2D eigenvalue weighted by Crippen LogP contribution is 2.14. The van der Waals surface area contributed by atoms with Crippen LogP contribution in [0.3, 0.4) is 0 Å². The second kappa shape index (κ2) is 9.97. The monoisotopic (exact) mass is 370 g/mol. The number of rotatable bonds is 9. The molecule has 1 aromatic carbocycles. The van der Waals surface area contributed by atoms with Gasteiger partial charge >= 0.3 is 0 Å². The Labute approximate surface area is 158 Å². The maximum absolute atomic E-state index is 5.37. The Hall–Kier alpha value is -2.34. The zero-order chi connectivity index (χ0) is 18.0. The van der Waals surface area contributed by atoms with Crippen molar-refractivity contribution in [2.24, 2.45) is 4.99 Å². The topological polar surface area (TPSA) is 65.3 Å². The lowest BCUT2D eigenvalue weighted by atomic mass is 10.2. The molecule has 0 atom stereocenters. The Balaban J connectivity index is 1.48. The number of fused-ring (bicyclic) bond motifs is 1. The molecule has 6 heteroatoms. The lowest BCUT2D eigenvalue weighted by Gasteiger charge is -2.12. The van der Waals surface area contributed by atoms with E-state index in [0.717, 1.165) is 49.9 Å². The van der Waals surface area contributed by atoms with E-state index < -0.39 is 0 Å². The van der Waals surface area contributed by atoms with Gasteiger partial charge in [0.05, 0.1) is 12.8 Å². The molecule has 0 aliphatic rings. The molecule has 3 N–H and O–H groups in total. The van der Waals surface area contributed by atoms with Gasteiger partial charge in [-0.1, -0.05) is 18.2 Å². The van der Waals surface area contributed by atoms with E-state index in [4.69, 9.17) is 4.42 Å². The highest BCUT2D eigenvalue weighted by atomic mass is 32.2. The molecule has 3 aromatic rings. The van der Waals surface area contributed by atoms with Crippen LogP contribution in [0.25, 0.3) is 10.9 Å². The molecule has 2 heterocycles. The summed E-state index contributed by atoms with van der Waals surface area (Å²) >= 11 is 1.81. The average molecular weight is 371 g/mol. The quantitative estimate of drug-likeness (QED) is 0.307. The third kappa shape index (κ3) is 5.59. The Morgan fingerprint density at radius 2 is 1.96 bits per heavy atom. The third-order valence-electron chi connectivity index (χ3n) is 4.08. The van der Waals surface area contributed by atoms with Crippen molar-refractivity contribution in [2.45, 2.75) is 12.8 Å². The van der Waals surface area contributed by atoms with E-state index in [1.54, 1.807) is 18.0 Å². The smallest absolute Gasteiger partial charge is 0.191 e. The number of nitrogens with one attached hydrogen (secondary N) is 3. The fourth-order valence-corrected chi connectivity index (χ4v) is 3.04. The maximum atomic E-state index is 5.37. The zero-order valence-electron chi connectivity index (χ0n) is 15.1. The van der Waals surface area contributed by atoms with Gasteiger partial charge in [-0.3, -0.25) is 4.99 Å². The van der Waals surface area contributed by atoms with Gasteiger partial charge in [-0.25, -0.2) is 0 Å². The summed E-state index contributed by atoms with van der Waals surface area (Å²) in [6.45, 7) is 2.44. The first-order chi connectivity index (χ1) is 12.8. The van der Waals surface area contributed by atoms with E-state index in [2.05, 4.69) is 57.2 Å². The van der Waals surface area contributed by atoms with E-state index in [0.29, 0.717) is 0 Å². The van der Waals surface area contributed by atoms with E-state index >= 15 is 0 Å². The van der Waals surface area contributed by atoms with Crippen molar-refractivity contribution >= 4 is 28.6 Å². The summed E-state index contributed by atoms with van der Waals surface area (Å²) < 4.78 is 5.37. The first-order valence-electron chi connectivity index (χ1n) is 8.95. The van der Waals surface area contributed by atoms with Gasteiger partial charge in [-0.15, -0.1) is 0 Å². The molecule has 0 fully saturated rings. The van der Waals surface area contributed by atoms with Crippen molar-refractivity contribution < 1.29 is 4.42 Å². The minimum atomic E-state index is 0.797. The van der Waals surface area contributed by atoms with Crippen molar-refractivity contribution in [3.05, 3.63) is 60.2 Å². The number of guanidine groups is 1. The van der Waals surface area contributed by atoms with Crippen LogP contribution in [0.15, 0.2) is 58.1 Å². The number of benzene rings is 1. The van der Waals surface area contributed by atoms with Gasteiger partial charge in [0.25, 0.3) is 0 Å². The number of thioether (sulfide) groups is 1. The lowest BCUT2D eigenvalue weighted by molar-refractivity contribution is 0.507. The van der Waals surface area contributed by atoms with Crippen LogP contribution in [0.5, 0.6) is 0 Å². The van der Waals surface area contributed by atoms with Gasteiger partial charge in [0.2, 0.25) is 0 Å². The van der Waals surface area contributed by atoms with E-state index in [1.807, 2.05) is 12.1 Å². The molecular formula is C20H26N4OS. The number of para-hydroxylation sites is 1. The molecule has 0 aliphatic carbocycles. The normalized spacial score (nSPS) is 11.8. The summed E-state index contributed by atoms with van der Waals surface area (Å²) in [7, 11) is 0. The lowest BCUT2D eigenvalue weighted by Crippen LogP contribution is -2.39. The van der Waals surface area contributed by atoms with Gasteiger partial charge in [-0.2, -0.15) is 11.8 Å². The number of hydrogen-bond donors (Lipinski definition) is 3. The van der Waals surface area contributed by atoms with Crippen molar-refractivity contribution in [1.82, 2.24) is 15.6 Å². The first kappa shape index (κ1) is 18.5. The molecule has 0 saturated carbocycles. The number of furan rings is 1. The third-order valence-corrected chi connectivity index (χ3v) is 4.67. The highest BCUT2D eigenvalue weighted by molar-refractivity contribution is 7.98. The SMILES string of the molecule is CSCCN=C(NCCc1cc2ccccc2[nH]1)NCCc1ccco1. The standard InChI is InChI=1S/C20H26N4OS/c1-26-14-12-23-20(22-11-9-18-6-4-13-25-18)21-10-8-17-15-16-5-2-3-7-19(16)24-17/h2-7,13,15,24H,8-12,14H2,1H3,(H2,21,22,23). The molecular weight excluding hydrogens is 344 g/mol. The van der Waals surface area contributed by atoms with Crippen LogP contribution in [0.2, 0.25) is 0 Å². The second-order valence-electron chi connectivity index (χ2n) is 6.04. The van der Waals surface area contributed by atoms with Crippen LogP contribution in [-0.4, -0.2) is 42.6 Å². The van der Waals surface area contributed by atoms with E-state index in [1.165, 1.54) is 16.6 Å². The predicted molar refractivity (Wildman–Crippen MR) is 111 cm³/mol. The number of nitrogens with zero attached hydrogens (tertiary/aromatic N) is 1. The van der Waals surface area contributed by atoms with Crippen molar-refractivity contribution in [2.75, 3.05) is 31.6 Å². The highest BCUT2D eigenvalue weighted by Gasteiger charge is 2.03.